The van der Waals surface area contributed by atoms with Crippen LogP contribution in [0.15, 0.2) is 0 Å². The Bertz CT molecular complexity index is 310. The number of nitrogens with two attached hydrogens (primary N) is 1. The van der Waals surface area contributed by atoms with Gasteiger partial charge in [-0.2, -0.15) is 0 Å². The second kappa shape index (κ2) is 7.60. The van der Waals surface area contributed by atoms with Gasteiger partial charge in [0, 0.05) is 0 Å². The highest BCUT2D eigenvalue weighted by molar-refractivity contribution is 5.88. The van der Waals surface area contributed by atoms with Crippen molar-refractivity contribution in [2.45, 2.75) is 39.7 Å². The molecule has 3 N–H and O–H groups in total. The molecule has 0 aromatic rings. The van der Waals surface area contributed by atoms with E-state index >= 15 is 0 Å². The molecule has 0 radical (unpaired) electrons. The van der Waals surface area contributed by atoms with Gasteiger partial charge < -0.3 is 11.1 Å². The minimum Gasteiger partial charge on any atom is -0.345 e. The summed E-state index contributed by atoms with van der Waals surface area (Å²) in [5.74, 6) is 0.689. The van der Waals surface area contributed by atoms with Crippen LogP contribution >= 0.6 is 0 Å². The molecular weight excluding hydrogens is 242 g/mol. The third-order valence-corrected chi connectivity index (χ3v) is 3.83. The Balaban J connectivity index is 2.37. The first-order chi connectivity index (χ1) is 8.93. The minimum atomic E-state index is -0.367. The van der Waals surface area contributed by atoms with E-state index in [1.165, 1.54) is 6.92 Å². The molecule has 0 aromatic carbocycles. The van der Waals surface area contributed by atoms with E-state index in [1.54, 1.807) is 0 Å². The van der Waals surface area contributed by atoms with E-state index in [1.807, 2.05) is 13.8 Å². The molecule has 0 aromatic heterocycles. The van der Waals surface area contributed by atoms with Crippen LogP contribution in [0.5, 0.6) is 0 Å². The predicted octanol–water partition coefficient (Wildman–Crippen LogP) is 0.387. The van der Waals surface area contributed by atoms with Crippen molar-refractivity contribution in [3.8, 4) is 0 Å². The smallest absolute Gasteiger partial charge is 0.234 e. The van der Waals surface area contributed by atoms with Crippen molar-refractivity contribution < 1.29 is 9.59 Å². The molecule has 1 amide bonds. The summed E-state index contributed by atoms with van der Waals surface area (Å²) >= 11 is 0. The molecule has 0 spiro atoms. The predicted molar refractivity (Wildman–Crippen MR) is 75.7 cm³/mol. The fourth-order valence-electron chi connectivity index (χ4n) is 2.54. The summed E-state index contributed by atoms with van der Waals surface area (Å²) in [5, 5.41) is 2.83. The summed E-state index contributed by atoms with van der Waals surface area (Å²) in [5.41, 5.74) is 5.65. The number of carbonyl (C=O) groups excluding carboxylic acids is 2. The number of carbonyl (C=O) groups is 2. The Morgan fingerprint density at radius 1 is 1.32 bits per heavy atom. The Morgan fingerprint density at radius 3 is 2.32 bits per heavy atom. The fourth-order valence-corrected chi connectivity index (χ4v) is 2.54. The number of Topliss-reactive ketones (excluding diaryl/α,β-unsaturated/α-hetero) is 1. The second-order valence-corrected chi connectivity index (χ2v) is 5.86. The first kappa shape index (κ1) is 16.1. The molecule has 1 unspecified atom stereocenters. The minimum absolute atomic E-state index is 0.0187. The van der Waals surface area contributed by atoms with Gasteiger partial charge in [0.25, 0.3) is 0 Å². The molecule has 5 nitrogen and oxygen atoms in total. The van der Waals surface area contributed by atoms with Crippen molar-refractivity contribution in [2.75, 3.05) is 26.2 Å². The third-order valence-electron chi connectivity index (χ3n) is 3.83. The lowest BCUT2D eigenvalue weighted by molar-refractivity contribution is -0.128. The van der Waals surface area contributed by atoms with E-state index in [0.717, 1.165) is 32.5 Å². The van der Waals surface area contributed by atoms with E-state index < -0.39 is 0 Å². The van der Waals surface area contributed by atoms with Gasteiger partial charge in [0.2, 0.25) is 5.91 Å². The van der Waals surface area contributed by atoms with Crippen molar-refractivity contribution in [3.63, 3.8) is 0 Å². The number of ketones is 1. The average Bonchev–Trinajstić information content (AvgIpc) is 2.36. The summed E-state index contributed by atoms with van der Waals surface area (Å²) in [6, 6.07) is -0.367. The van der Waals surface area contributed by atoms with E-state index in [0.29, 0.717) is 12.5 Å². The Labute approximate surface area is 115 Å². The molecule has 0 bridgehead atoms. The summed E-state index contributed by atoms with van der Waals surface area (Å²) in [7, 11) is 0. The monoisotopic (exact) mass is 269 g/mol. The molecule has 1 saturated heterocycles. The van der Waals surface area contributed by atoms with Crippen molar-refractivity contribution in [1.82, 2.24) is 10.2 Å². The molecular formula is C14H27N3O2. The number of hydrogen-bond acceptors (Lipinski definition) is 4. The first-order valence-corrected chi connectivity index (χ1v) is 7.16. The molecule has 19 heavy (non-hydrogen) atoms. The summed E-state index contributed by atoms with van der Waals surface area (Å²) < 4.78 is 0. The van der Waals surface area contributed by atoms with Crippen LogP contribution < -0.4 is 11.1 Å². The van der Waals surface area contributed by atoms with Gasteiger partial charge in [-0.05, 0) is 51.2 Å². The largest absolute Gasteiger partial charge is 0.345 e. The van der Waals surface area contributed by atoms with Gasteiger partial charge in [0.1, 0.15) is 0 Å². The van der Waals surface area contributed by atoms with Crippen LogP contribution in [0.1, 0.15) is 33.6 Å². The summed E-state index contributed by atoms with van der Waals surface area (Å²) in [6.45, 7) is 8.37. The highest BCUT2D eigenvalue weighted by atomic mass is 16.2. The normalized spacial score (nSPS) is 19.4. The van der Waals surface area contributed by atoms with Gasteiger partial charge in [-0.3, -0.25) is 14.5 Å². The third kappa shape index (κ3) is 5.28. The number of piperidine rings is 1. The number of hydrogen-bond donors (Lipinski definition) is 2. The van der Waals surface area contributed by atoms with Crippen LogP contribution in [-0.4, -0.2) is 48.8 Å². The van der Waals surface area contributed by atoms with Gasteiger partial charge in [-0.1, -0.05) is 13.8 Å². The maximum Gasteiger partial charge on any atom is 0.234 e. The SMILES string of the molecule is CC(=O)C(NC(=O)CN1CCC(CN)CC1)C(C)C. The zero-order valence-electron chi connectivity index (χ0n) is 12.3. The van der Waals surface area contributed by atoms with E-state index in [4.69, 9.17) is 5.73 Å². The van der Waals surface area contributed by atoms with Crippen LogP contribution in [-0.2, 0) is 9.59 Å². The highest BCUT2D eigenvalue weighted by Gasteiger charge is 2.23. The van der Waals surface area contributed by atoms with Crippen molar-refractivity contribution >= 4 is 11.7 Å². The van der Waals surface area contributed by atoms with E-state index in [-0.39, 0.29) is 23.7 Å². The van der Waals surface area contributed by atoms with Crippen LogP contribution in [0, 0.1) is 11.8 Å². The van der Waals surface area contributed by atoms with Crippen LogP contribution in [0.2, 0.25) is 0 Å². The number of rotatable bonds is 6. The first-order valence-electron chi connectivity index (χ1n) is 7.16. The fraction of sp³-hybridized carbons (Fsp3) is 0.857. The lowest BCUT2D eigenvalue weighted by Gasteiger charge is -2.31. The molecule has 0 aliphatic carbocycles. The standard InChI is InChI=1S/C14H27N3O2/c1-10(2)14(11(3)18)16-13(19)9-17-6-4-12(8-15)5-7-17/h10,12,14H,4-9,15H2,1-3H3,(H,16,19). The Hall–Kier alpha value is -0.940. The zero-order valence-corrected chi connectivity index (χ0v) is 12.3. The van der Waals surface area contributed by atoms with Crippen LogP contribution in [0.4, 0.5) is 0 Å². The average molecular weight is 269 g/mol. The van der Waals surface area contributed by atoms with E-state index in [2.05, 4.69) is 10.2 Å². The van der Waals surface area contributed by atoms with Crippen molar-refractivity contribution in [3.05, 3.63) is 0 Å². The van der Waals surface area contributed by atoms with Crippen molar-refractivity contribution in [1.29, 1.82) is 0 Å². The van der Waals surface area contributed by atoms with Gasteiger partial charge in [0.15, 0.2) is 5.78 Å². The highest BCUT2D eigenvalue weighted by Crippen LogP contribution is 2.15. The van der Waals surface area contributed by atoms with Gasteiger partial charge >= 0.3 is 0 Å². The van der Waals surface area contributed by atoms with Crippen LogP contribution in [0.3, 0.4) is 0 Å². The maximum atomic E-state index is 12.0. The number of likely N-dealkylation sites (tertiary alicyclic amines) is 1. The summed E-state index contributed by atoms with van der Waals surface area (Å²) in [6.07, 6.45) is 2.12. The molecule has 1 fully saturated rings. The number of nitrogens with one attached hydrogen (secondary N) is 1. The molecule has 0 saturated carbocycles. The lowest BCUT2D eigenvalue weighted by Crippen LogP contribution is -2.48. The zero-order chi connectivity index (χ0) is 14.4. The molecule has 1 rings (SSSR count). The molecule has 1 heterocycles. The molecule has 5 heteroatoms. The summed E-state index contributed by atoms with van der Waals surface area (Å²) in [4.78, 5) is 25.5. The molecule has 1 aliphatic heterocycles. The molecule has 110 valence electrons. The van der Waals surface area contributed by atoms with Gasteiger partial charge in [-0.25, -0.2) is 0 Å². The Morgan fingerprint density at radius 2 is 1.89 bits per heavy atom. The van der Waals surface area contributed by atoms with Crippen molar-refractivity contribution in [2.24, 2.45) is 17.6 Å². The lowest BCUT2D eigenvalue weighted by atomic mass is 9.97. The number of amides is 1. The maximum absolute atomic E-state index is 12.0. The second-order valence-electron chi connectivity index (χ2n) is 5.86. The quantitative estimate of drug-likeness (QED) is 0.731. The molecule has 1 atom stereocenters. The van der Waals surface area contributed by atoms with Gasteiger partial charge in [-0.15, -0.1) is 0 Å². The Kier molecular flexibility index (Phi) is 6.45. The number of nitrogens with zero attached hydrogens (tertiary/aromatic N) is 1. The molecule has 1 aliphatic rings. The van der Waals surface area contributed by atoms with E-state index in [9.17, 15) is 9.59 Å². The van der Waals surface area contributed by atoms with Crippen LogP contribution in [0.25, 0.3) is 0 Å². The topological polar surface area (TPSA) is 75.4 Å². The van der Waals surface area contributed by atoms with Gasteiger partial charge in [0.05, 0.1) is 12.6 Å².